The minimum atomic E-state index is -0.0692. The van der Waals surface area contributed by atoms with Crippen LogP contribution < -0.4 is 0 Å². The third kappa shape index (κ3) is 2.01. The second-order valence-corrected chi connectivity index (χ2v) is 3.97. The molecule has 0 aliphatic heterocycles. The van der Waals surface area contributed by atoms with Gasteiger partial charge in [-0.05, 0) is 19.1 Å². The molecule has 0 saturated carbocycles. The van der Waals surface area contributed by atoms with Crippen LogP contribution in [0, 0.1) is 6.92 Å². The van der Waals surface area contributed by atoms with E-state index in [4.69, 9.17) is 0 Å². The van der Waals surface area contributed by atoms with E-state index in [9.17, 15) is 10.2 Å². The summed E-state index contributed by atoms with van der Waals surface area (Å²) in [6.07, 6.45) is 1.63. The highest BCUT2D eigenvalue weighted by molar-refractivity contribution is 7.13. The average molecular weight is 235 g/mol. The van der Waals surface area contributed by atoms with Crippen LogP contribution in [0.2, 0.25) is 0 Å². The molecule has 0 bridgehead atoms. The molecule has 0 aliphatic rings. The van der Waals surface area contributed by atoms with Gasteiger partial charge in [-0.3, -0.25) is 0 Å². The molecule has 0 spiro atoms. The lowest BCUT2D eigenvalue weighted by Gasteiger charge is -2.03. The molecule has 0 amide bonds. The zero-order valence-electron chi connectivity index (χ0n) is 8.45. The lowest BCUT2D eigenvalue weighted by Crippen LogP contribution is -1.76. The van der Waals surface area contributed by atoms with Crippen LogP contribution in [-0.4, -0.2) is 15.2 Å². The van der Waals surface area contributed by atoms with Crippen LogP contribution in [0.3, 0.4) is 0 Å². The maximum atomic E-state index is 9.68. The van der Waals surface area contributed by atoms with Gasteiger partial charge < -0.3 is 10.2 Å². The van der Waals surface area contributed by atoms with Crippen LogP contribution in [0.25, 0.3) is 0 Å². The summed E-state index contributed by atoms with van der Waals surface area (Å²) < 4.78 is 0. The van der Waals surface area contributed by atoms with Crippen molar-refractivity contribution in [3.8, 4) is 11.5 Å². The lowest BCUT2D eigenvalue weighted by atomic mass is 10.2. The third-order valence-corrected chi connectivity index (χ3v) is 2.70. The Hall–Kier alpha value is -1.95. The Labute approximate surface area is 95.7 Å². The zero-order valence-corrected chi connectivity index (χ0v) is 9.27. The number of azo groups is 1. The number of phenols is 2. The van der Waals surface area contributed by atoms with Crippen molar-refractivity contribution in [2.75, 3.05) is 0 Å². The van der Waals surface area contributed by atoms with Crippen LogP contribution in [0.1, 0.15) is 5.56 Å². The van der Waals surface area contributed by atoms with Crippen LogP contribution >= 0.6 is 11.3 Å². The Balaban J connectivity index is 2.32. The SMILES string of the molecule is Cc1c(O)ccc(N=Nc2nccs2)c1O. The van der Waals surface area contributed by atoms with Crippen molar-refractivity contribution >= 4 is 22.2 Å². The smallest absolute Gasteiger partial charge is 0.229 e. The van der Waals surface area contributed by atoms with Gasteiger partial charge in [0.2, 0.25) is 5.13 Å². The maximum Gasteiger partial charge on any atom is 0.229 e. The molecule has 82 valence electrons. The molecule has 0 fully saturated rings. The van der Waals surface area contributed by atoms with Crippen LogP contribution in [0.4, 0.5) is 10.8 Å². The summed E-state index contributed by atoms with van der Waals surface area (Å²) in [5.41, 5.74) is 0.695. The monoisotopic (exact) mass is 235 g/mol. The first-order valence-corrected chi connectivity index (χ1v) is 5.39. The molecule has 0 atom stereocenters. The first-order chi connectivity index (χ1) is 7.68. The number of rotatable bonds is 2. The van der Waals surface area contributed by atoms with Crippen molar-refractivity contribution in [2.24, 2.45) is 10.2 Å². The third-order valence-electron chi connectivity index (χ3n) is 2.04. The topological polar surface area (TPSA) is 78.1 Å². The molecular weight excluding hydrogens is 226 g/mol. The van der Waals surface area contributed by atoms with E-state index in [1.807, 2.05) is 0 Å². The second kappa shape index (κ2) is 4.28. The molecule has 0 radical (unpaired) electrons. The zero-order chi connectivity index (χ0) is 11.5. The van der Waals surface area contributed by atoms with E-state index in [1.165, 1.54) is 23.5 Å². The fourth-order valence-corrected chi connectivity index (χ4v) is 1.57. The Kier molecular flexibility index (Phi) is 2.82. The summed E-state index contributed by atoms with van der Waals surface area (Å²) in [5.74, 6) is -0.0361. The van der Waals surface area contributed by atoms with Gasteiger partial charge in [0, 0.05) is 17.1 Å². The van der Waals surface area contributed by atoms with E-state index in [2.05, 4.69) is 15.2 Å². The van der Waals surface area contributed by atoms with Crippen molar-refractivity contribution in [3.63, 3.8) is 0 Å². The molecule has 1 heterocycles. The van der Waals surface area contributed by atoms with Gasteiger partial charge in [0.15, 0.2) is 0 Å². The minimum Gasteiger partial charge on any atom is -0.508 e. The largest absolute Gasteiger partial charge is 0.508 e. The van der Waals surface area contributed by atoms with Gasteiger partial charge in [-0.15, -0.1) is 21.6 Å². The molecule has 1 aromatic carbocycles. The maximum absolute atomic E-state index is 9.68. The van der Waals surface area contributed by atoms with Crippen molar-refractivity contribution in [1.82, 2.24) is 4.98 Å². The molecule has 0 saturated heterocycles. The molecular formula is C10H9N3O2S. The number of benzene rings is 1. The fourth-order valence-electron chi connectivity index (χ4n) is 1.12. The molecule has 2 N–H and O–H groups in total. The van der Waals surface area contributed by atoms with E-state index in [-0.39, 0.29) is 11.5 Å². The summed E-state index contributed by atoms with van der Waals surface area (Å²) in [6, 6.07) is 2.96. The molecule has 0 unspecified atom stereocenters. The Morgan fingerprint density at radius 3 is 2.75 bits per heavy atom. The molecule has 1 aromatic heterocycles. The number of aromatic hydroxyl groups is 2. The van der Waals surface area contributed by atoms with E-state index in [0.717, 1.165) is 0 Å². The Morgan fingerprint density at radius 1 is 1.25 bits per heavy atom. The molecule has 6 heteroatoms. The Morgan fingerprint density at radius 2 is 2.06 bits per heavy atom. The van der Waals surface area contributed by atoms with Crippen molar-refractivity contribution < 1.29 is 10.2 Å². The van der Waals surface area contributed by atoms with Gasteiger partial charge >= 0.3 is 0 Å². The highest BCUT2D eigenvalue weighted by atomic mass is 32.1. The summed E-state index contributed by atoms with van der Waals surface area (Å²) in [6.45, 7) is 1.60. The number of aromatic nitrogens is 1. The average Bonchev–Trinajstić information content (AvgIpc) is 2.78. The number of hydrogen-bond acceptors (Lipinski definition) is 6. The highest BCUT2D eigenvalue weighted by Crippen LogP contribution is 2.36. The highest BCUT2D eigenvalue weighted by Gasteiger charge is 2.07. The van der Waals surface area contributed by atoms with Gasteiger partial charge in [0.05, 0.1) is 0 Å². The summed E-state index contributed by atoms with van der Waals surface area (Å²) in [5, 5.41) is 29.0. The van der Waals surface area contributed by atoms with Gasteiger partial charge in [0.25, 0.3) is 0 Å². The van der Waals surface area contributed by atoms with E-state index in [1.54, 1.807) is 18.5 Å². The number of hydrogen-bond donors (Lipinski definition) is 2. The molecule has 5 nitrogen and oxygen atoms in total. The van der Waals surface area contributed by atoms with Gasteiger partial charge in [0.1, 0.15) is 17.2 Å². The van der Waals surface area contributed by atoms with Crippen molar-refractivity contribution in [2.45, 2.75) is 6.92 Å². The quantitative estimate of drug-likeness (QED) is 0.784. The summed E-state index contributed by atoms with van der Waals surface area (Å²) in [7, 11) is 0. The molecule has 2 aromatic rings. The molecule has 2 rings (SSSR count). The van der Waals surface area contributed by atoms with Gasteiger partial charge in [-0.1, -0.05) is 0 Å². The van der Waals surface area contributed by atoms with Crippen LogP contribution in [-0.2, 0) is 0 Å². The van der Waals surface area contributed by atoms with Crippen molar-refractivity contribution in [1.29, 1.82) is 0 Å². The van der Waals surface area contributed by atoms with E-state index >= 15 is 0 Å². The number of phenolic OH excluding ortho intramolecular Hbond substituents is 2. The number of thiazole rings is 1. The predicted molar refractivity (Wildman–Crippen MR) is 60.8 cm³/mol. The van der Waals surface area contributed by atoms with Gasteiger partial charge in [-0.25, -0.2) is 4.98 Å². The first-order valence-electron chi connectivity index (χ1n) is 4.51. The minimum absolute atomic E-state index is 0.0331. The summed E-state index contributed by atoms with van der Waals surface area (Å²) in [4.78, 5) is 3.93. The van der Waals surface area contributed by atoms with E-state index < -0.39 is 0 Å². The van der Waals surface area contributed by atoms with Crippen LogP contribution in [0.5, 0.6) is 11.5 Å². The Bertz CT molecular complexity index is 523. The van der Waals surface area contributed by atoms with Crippen molar-refractivity contribution in [3.05, 3.63) is 29.3 Å². The molecule has 0 aliphatic carbocycles. The normalized spacial score (nSPS) is 11.1. The number of nitrogens with zero attached hydrogens (tertiary/aromatic N) is 3. The van der Waals surface area contributed by atoms with Crippen LogP contribution in [0.15, 0.2) is 33.9 Å². The predicted octanol–water partition coefficient (Wildman–Crippen LogP) is 3.28. The second-order valence-electron chi connectivity index (χ2n) is 3.09. The lowest BCUT2D eigenvalue weighted by molar-refractivity contribution is 0.444. The summed E-state index contributed by atoms with van der Waals surface area (Å²) >= 11 is 1.35. The van der Waals surface area contributed by atoms with Gasteiger partial charge in [-0.2, -0.15) is 0 Å². The molecule has 16 heavy (non-hydrogen) atoms. The van der Waals surface area contributed by atoms with E-state index in [0.29, 0.717) is 16.4 Å². The standard InChI is InChI=1S/C10H9N3O2S/c1-6-8(14)3-2-7(9(6)15)12-13-10-11-4-5-16-10/h2-5,14-15H,1H3. The fraction of sp³-hybridized carbons (Fsp3) is 0.100. The first kappa shape index (κ1) is 10.6.